The molecule has 0 spiro atoms. The van der Waals surface area contributed by atoms with Crippen LogP contribution in [0.25, 0.3) is 0 Å². The van der Waals surface area contributed by atoms with E-state index in [4.69, 9.17) is 0 Å². The lowest BCUT2D eigenvalue weighted by Gasteiger charge is -2.32. The Labute approximate surface area is 94.0 Å². The van der Waals surface area contributed by atoms with Crippen LogP contribution < -0.4 is 0 Å². The van der Waals surface area contributed by atoms with Gasteiger partial charge in [-0.1, -0.05) is 19.6 Å². The number of rotatable bonds is 7. The molecule has 0 heterocycles. The van der Waals surface area contributed by atoms with Crippen LogP contribution in [0.1, 0.15) is 27.2 Å². The second-order valence-electron chi connectivity index (χ2n) is 3.82. The van der Waals surface area contributed by atoms with E-state index in [0.717, 1.165) is 18.7 Å². The topological polar surface area (TPSA) is 57.2 Å². The summed E-state index contributed by atoms with van der Waals surface area (Å²) >= 11 is 0. The van der Waals surface area contributed by atoms with Gasteiger partial charge in [-0.3, -0.25) is 0 Å². The average molecular weight is 252 g/mol. The molecule has 0 aliphatic heterocycles. The molecule has 0 saturated carbocycles. The number of allylic oxidation sites excluding steroid dienone is 1. The highest BCUT2D eigenvalue weighted by atomic mass is 32.2. The van der Waals surface area contributed by atoms with Gasteiger partial charge in [-0.15, -0.1) is 0 Å². The Morgan fingerprint density at radius 1 is 1.47 bits per heavy atom. The van der Waals surface area contributed by atoms with Gasteiger partial charge < -0.3 is 4.55 Å². The molecule has 15 heavy (non-hydrogen) atoms. The van der Waals surface area contributed by atoms with E-state index in [1.165, 1.54) is 0 Å². The molecule has 0 fully saturated rings. The van der Waals surface area contributed by atoms with Crippen LogP contribution in [-0.2, 0) is 10.1 Å². The van der Waals surface area contributed by atoms with Gasteiger partial charge in [0, 0.05) is 7.26 Å². The summed E-state index contributed by atoms with van der Waals surface area (Å²) in [6.45, 7) is 9.25. The fourth-order valence-electron chi connectivity index (χ4n) is 1.94. The fraction of sp³-hybridized carbons (Fsp3) is 0.800. The first-order chi connectivity index (χ1) is 6.84. The van der Waals surface area contributed by atoms with E-state index in [9.17, 15) is 13.0 Å². The minimum atomic E-state index is -4.17. The Hall–Kier alpha value is 0.0800. The van der Waals surface area contributed by atoms with Crippen LogP contribution in [0.2, 0.25) is 0 Å². The van der Waals surface area contributed by atoms with E-state index in [2.05, 4.69) is 6.58 Å². The van der Waals surface area contributed by atoms with Gasteiger partial charge in [0.2, 0.25) is 0 Å². The lowest BCUT2D eigenvalue weighted by molar-refractivity contribution is 0.461. The Morgan fingerprint density at radius 3 is 2.27 bits per heavy atom. The molecule has 0 aliphatic carbocycles. The molecule has 0 bridgehead atoms. The van der Waals surface area contributed by atoms with Crippen molar-refractivity contribution in [2.75, 3.05) is 18.5 Å². The summed E-state index contributed by atoms with van der Waals surface area (Å²) in [5, 5.41) is 0. The first kappa shape index (κ1) is 15.1. The van der Waals surface area contributed by atoms with Crippen molar-refractivity contribution in [2.24, 2.45) is 0 Å². The zero-order valence-corrected chi connectivity index (χ0v) is 11.5. The Bertz CT molecular complexity index is 300. The third-order valence-electron chi connectivity index (χ3n) is 2.98. The highest BCUT2D eigenvalue weighted by Gasteiger charge is 2.43. The van der Waals surface area contributed by atoms with Crippen LogP contribution in [0.15, 0.2) is 12.7 Å². The molecule has 0 aromatic rings. The van der Waals surface area contributed by atoms with Crippen LogP contribution in [0.4, 0.5) is 0 Å². The SMILES string of the molecule is C=CC[P+](CC)(CCC)C(C)S(=O)(=O)[O-]. The average Bonchev–Trinajstić information content (AvgIpc) is 2.15. The van der Waals surface area contributed by atoms with Crippen molar-refractivity contribution in [3.05, 3.63) is 12.7 Å². The second kappa shape index (κ2) is 5.97. The molecule has 0 aromatic heterocycles. The van der Waals surface area contributed by atoms with Gasteiger partial charge >= 0.3 is 0 Å². The van der Waals surface area contributed by atoms with Crippen molar-refractivity contribution in [1.82, 2.24) is 0 Å². The molecule has 5 heteroatoms. The van der Waals surface area contributed by atoms with Crippen LogP contribution in [0.3, 0.4) is 0 Å². The standard InChI is InChI=1S/C10H21O3PS/c1-5-8-14(7-3,9-6-2)10(4)15(11,12)13/h5,10H,1,6-9H2,2-4H3. The van der Waals surface area contributed by atoms with Crippen LogP contribution in [0.5, 0.6) is 0 Å². The van der Waals surface area contributed by atoms with Gasteiger partial charge in [0.25, 0.3) is 0 Å². The first-order valence-electron chi connectivity index (χ1n) is 5.25. The lowest BCUT2D eigenvalue weighted by Crippen LogP contribution is -2.25. The highest BCUT2D eigenvalue weighted by molar-refractivity contribution is 7.99. The van der Waals surface area contributed by atoms with Crippen LogP contribution in [0, 0.1) is 0 Å². The highest BCUT2D eigenvalue weighted by Crippen LogP contribution is 2.64. The predicted octanol–water partition coefficient (Wildman–Crippen LogP) is 2.51. The minimum Gasteiger partial charge on any atom is -0.745 e. The zero-order valence-electron chi connectivity index (χ0n) is 9.77. The molecule has 0 aromatic carbocycles. The quantitative estimate of drug-likeness (QED) is 0.397. The van der Waals surface area contributed by atoms with Gasteiger partial charge in [-0.05, 0) is 20.3 Å². The zero-order chi connectivity index (χ0) is 12.1. The second-order valence-corrected chi connectivity index (χ2v) is 10.5. The fourth-order valence-corrected chi connectivity index (χ4v) is 8.49. The molecule has 0 radical (unpaired) electrons. The van der Waals surface area contributed by atoms with Crippen molar-refractivity contribution in [3.63, 3.8) is 0 Å². The molecule has 2 atom stereocenters. The van der Waals surface area contributed by atoms with Crippen LogP contribution >= 0.6 is 7.26 Å². The summed E-state index contributed by atoms with van der Waals surface area (Å²) in [4.78, 5) is -0.729. The van der Waals surface area contributed by atoms with Crippen molar-refractivity contribution in [3.8, 4) is 0 Å². The molecule has 0 aliphatic rings. The van der Waals surface area contributed by atoms with Gasteiger partial charge in [0.1, 0.15) is 10.1 Å². The summed E-state index contributed by atoms with van der Waals surface area (Å²) in [6, 6.07) is 0. The third-order valence-corrected chi connectivity index (χ3v) is 11.1. The van der Waals surface area contributed by atoms with Crippen molar-refractivity contribution < 1.29 is 13.0 Å². The number of hydrogen-bond donors (Lipinski definition) is 0. The molecule has 0 N–H and O–H groups in total. The molecular formula is C10H21O3PS. The lowest BCUT2D eigenvalue weighted by atomic mass is 10.6. The van der Waals surface area contributed by atoms with Gasteiger partial charge in [-0.2, -0.15) is 0 Å². The van der Waals surface area contributed by atoms with Crippen LogP contribution in [-0.4, -0.2) is 36.4 Å². The van der Waals surface area contributed by atoms with E-state index in [-0.39, 0.29) is 0 Å². The van der Waals surface area contributed by atoms with E-state index >= 15 is 0 Å². The molecule has 0 rings (SSSR count). The summed E-state index contributed by atoms with van der Waals surface area (Å²) in [5.41, 5.74) is 0. The predicted molar refractivity (Wildman–Crippen MR) is 66.8 cm³/mol. The smallest absolute Gasteiger partial charge is 0.155 e. The summed E-state index contributed by atoms with van der Waals surface area (Å²) < 4.78 is 33.4. The number of hydrogen-bond acceptors (Lipinski definition) is 3. The maximum absolute atomic E-state index is 11.1. The van der Waals surface area contributed by atoms with Crippen molar-refractivity contribution >= 4 is 17.4 Å². The molecule has 0 saturated heterocycles. The van der Waals surface area contributed by atoms with E-state index in [1.54, 1.807) is 13.0 Å². The van der Waals surface area contributed by atoms with Gasteiger partial charge in [-0.25, -0.2) is 8.42 Å². The summed E-state index contributed by atoms with van der Waals surface area (Å²) in [7, 11) is -5.87. The monoisotopic (exact) mass is 252 g/mol. The van der Waals surface area contributed by atoms with Gasteiger partial charge in [0.15, 0.2) is 4.99 Å². The van der Waals surface area contributed by atoms with E-state index in [1.807, 2.05) is 13.8 Å². The Morgan fingerprint density at radius 2 is 2.00 bits per heavy atom. The summed E-state index contributed by atoms with van der Waals surface area (Å²) in [5.74, 6) is 0. The van der Waals surface area contributed by atoms with Crippen molar-refractivity contribution in [1.29, 1.82) is 0 Å². The molecule has 0 amide bonds. The maximum Gasteiger partial charge on any atom is 0.155 e. The molecule has 3 nitrogen and oxygen atoms in total. The minimum absolute atomic E-state index is 0.694. The van der Waals surface area contributed by atoms with Gasteiger partial charge in [0.05, 0.1) is 18.5 Å². The Kier molecular flexibility index (Phi) is 6.01. The molecule has 90 valence electrons. The van der Waals surface area contributed by atoms with Crippen molar-refractivity contribution in [2.45, 2.75) is 32.2 Å². The molecule has 2 unspecified atom stereocenters. The maximum atomic E-state index is 11.1. The van der Waals surface area contributed by atoms with E-state index in [0.29, 0.717) is 6.16 Å². The van der Waals surface area contributed by atoms with E-state index < -0.39 is 22.4 Å². The Balaban J connectivity index is 5.13. The molecular weight excluding hydrogens is 231 g/mol. The first-order valence-corrected chi connectivity index (χ1v) is 9.14. The summed E-state index contributed by atoms with van der Waals surface area (Å²) in [6.07, 6.45) is 5.04. The third kappa shape index (κ3) is 3.86. The largest absolute Gasteiger partial charge is 0.745 e. The normalized spacial score (nSPS) is 18.1.